The summed E-state index contributed by atoms with van der Waals surface area (Å²) in [4.78, 5) is 14.4. The van der Waals surface area contributed by atoms with Crippen molar-refractivity contribution in [1.82, 2.24) is 10.2 Å². The molecule has 1 aromatic carbocycles. The number of aliphatic hydroxyl groups excluding tert-OH is 1. The van der Waals surface area contributed by atoms with E-state index in [4.69, 9.17) is 0 Å². The first kappa shape index (κ1) is 13.6. The van der Waals surface area contributed by atoms with Gasteiger partial charge < -0.3 is 15.3 Å². The molecule has 1 unspecified atom stereocenters. The van der Waals surface area contributed by atoms with Crippen molar-refractivity contribution in [2.45, 2.75) is 31.4 Å². The number of aliphatic hydroxyl groups is 1. The fraction of sp³-hybridized carbons (Fsp3) is 0.562. The van der Waals surface area contributed by atoms with Gasteiger partial charge in [0.2, 0.25) is 5.91 Å². The van der Waals surface area contributed by atoms with Crippen LogP contribution in [0.5, 0.6) is 0 Å². The number of nitrogens with zero attached hydrogens (tertiary/aromatic N) is 1. The molecule has 1 amide bonds. The smallest absolute Gasteiger partial charge is 0.244 e. The Hall–Kier alpha value is -1.39. The van der Waals surface area contributed by atoms with Crippen LogP contribution in [0.3, 0.4) is 0 Å². The number of fused-ring (bicyclic) bond motifs is 1. The second kappa shape index (κ2) is 5.54. The Labute approximate surface area is 119 Å². The quantitative estimate of drug-likeness (QED) is 0.868. The number of amides is 1. The number of rotatable bonds is 3. The lowest BCUT2D eigenvalue weighted by atomic mass is 9.82. The molecule has 0 bridgehead atoms. The van der Waals surface area contributed by atoms with E-state index in [9.17, 15) is 9.90 Å². The summed E-state index contributed by atoms with van der Waals surface area (Å²) in [7, 11) is 1.87. The lowest BCUT2D eigenvalue weighted by Gasteiger charge is -2.36. The number of carbonyl (C=O) groups is 1. The fourth-order valence-corrected chi connectivity index (χ4v) is 3.27. The molecule has 2 aliphatic rings. The Bertz CT molecular complexity index is 497. The monoisotopic (exact) mass is 274 g/mol. The number of hydrogen-bond acceptors (Lipinski definition) is 3. The van der Waals surface area contributed by atoms with Gasteiger partial charge in [0.05, 0.1) is 6.10 Å². The van der Waals surface area contributed by atoms with Gasteiger partial charge in [-0.05, 0) is 36.3 Å². The molecular formula is C16H22N2O2. The molecule has 4 nitrogen and oxygen atoms in total. The number of likely N-dealkylation sites (N-methyl/N-ethyl adjacent to an activating group) is 1. The van der Waals surface area contributed by atoms with E-state index in [-0.39, 0.29) is 18.1 Å². The molecule has 1 aliphatic heterocycles. The van der Waals surface area contributed by atoms with Crippen molar-refractivity contribution in [3.8, 4) is 0 Å². The minimum Gasteiger partial charge on any atom is -0.393 e. The Balaban J connectivity index is 1.68. The second-order valence-corrected chi connectivity index (χ2v) is 6.05. The van der Waals surface area contributed by atoms with E-state index in [2.05, 4.69) is 11.4 Å². The normalized spacial score (nSPS) is 28.4. The van der Waals surface area contributed by atoms with E-state index in [1.807, 2.05) is 30.1 Å². The molecule has 1 aliphatic carbocycles. The molecule has 108 valence electrons. The van der Waals surface area contributed by atoms with Crippen LogP contribution in [0.15, 0.2) is 24.3 Å². The van der Waals surface area contributed by atoms with Crippen LogP contribution >= 0.6 is 0 Å². The van der Waals surface area contributed by atoms with Gasteiger partial charge in [-0.1, -0.05) is 24.3 Å². The molecule has 1 saturated carbocycles. The molecule has 0 radical (unpaired) electrons. The standard InChI is InChI=1S/C16H22N2O2/c1-18(10-11-8-13(19)9-11)16(20)15-14-5-3-2-4-12(14)6-7-17-15/h2-5,11,13,15,17,19H,6-10H2,1H3. The van der Waals surface area contributed by atoms with Crippen LogP contribution in [-0.2, 0) is 11.2 Å². The van der Waals surface area contributed by atoms with Crippen molar-refractivity contribution in [2.75, 3.05) is 20.1 Å². The van der Waals surface area contributed by atoms with Gasteiger partial charge in [-0.3, -0.25) is 4.79 Å². The molecule has 0 spiro atoms. The van der Waals surface area contributed by atoms with Gasteiger partial charge in [-0.15, -0.1) is 0 Å². The zero-order chi connectivity index (χ0) is 14.1. The zero-order valence-corrected chi connectivity index (χ0v) is 11.9. The van der Waals surface area contributed by atoms with E-state index in [0.717, 1.165) is 37.9 Å². The Morgan fingerprint density at radius 2 is 2.15 bits per heavy atom. The van der Waals surface area contributed by atoms with Crippen LogP contribution in [0.1, 0.15) is 30.0 Å². The molecule has 4 heteroatoms. The minimum atomic E-state index is -0.213. The van der Waals surface area contributed by atoms with Gasteiger partial charge in [0.15, 0.2) is 0 Å². The summed E-state index contributed by atoms with van der Waals surface area (Å²) in [5.41, 5.74) is 2.39. The second-order valence-electron chi connectivity index (χ2n) is 6.05. The number of benzene rings is 1. The first-order valence-electron chi connectivity index (χ1n) is 7.39. The minimum absolute atomic E-state index is 0.138. The highest BCUT2D eigenvalue weighted by Crippen LogP contribution is 2.29. The molecule has 0 aromatic heterocycles. The van der Waals surface area contributed by atoms with Crippen LogP contribution in [0.4, 0.5) is 0 Å². The Morgan fingerprint density at radius 1 is 1.40 bits per heavy atom. The number of nitrogens with one attached hydrogen (secondary N) is 1. The van der Waals surface area contributed by atoms with Gasteiger partial charge in [0, 0.05) is 20.1 Å². The van der Waals surface area contributed by atoms with Crippen molar-refractivity contribution >= 4 is 5.91 Å². The molecular weight excluding hydrogens is 252 g/mol. The highest BCUT2D eigenvalue weighted by atomic mass is 16.3. The molecule has 20 heavy (non-hydrogen) atoms. The molecule has 1 fully saturated rings. The highest BCUT2D eigenvalue weighted by molar-refractivity contribution is 5.83. The van der Waals surface area contributed by atoms with E-state index >= 15 is 0 Å². The molecule has 0 saturated heterocycles. The van der Waals surface area contributed by atoms with Crippen molar-refractivity contribution in [3.63, 3.8) is 0 Å². The fourth-order valence-electron chi connectivity index (χ4n) is 3.27. The largest absolute Gasteiger partial charge is 0.393 e. The SMILES string of the molecule is CN(CC1CC(O)C1)C(=O)C1NCCc2ccccc21. The maximum Gasteiger partial charge on any atom is 0.244 e. The predicted molar refractivity (Wildman–Crippen MR) is 77.3 cm³/mol. The summed E-state index contributed by atoms with van der Waals surface area (Å²) in [5.74, 6) is 0.594. The summed E-state index contributed by atoms with van der Waals surface area (Å²) in [5, 5.41) is 12.7. The van der Waals surface area contributed by atoms with Gasteiger partial charge in [-0.25, -0.2) is 0 Å². The summed E-state index contributed by atoms with van der Waals surface area (Å²) >= 11 is 0. The molecule has 3 rings (SSSR count). The first-order chi connectivity index (χ1) is 9.65. The van der Waals surface area contributed by atoms with Gasteiger partial charge in [0.25, 0.3) is 0 Å². The summed E-state index contributed by atoms with van der Waals surface area (Å²) < 4.78 is 0. The predicted octanol–water partition coefficient (Wildman–Crippen LogP) is 1.10. The molecule has 1 atom stereocenters. The first-order valence-corrected chi connectivity index (χ1v) is 7.39. The zero-order valence-electron chi connectivity index (χ0n) is 11.9. The molecule has 2 N–H and O–H groups in total. The average Bonchev–Trinajstić information content (AvgIpc) is 2.44. The van der Waals surface area contributed by atoms with E-state index in [1.54, 1.807) is 0 Å². The van der Waals surface area contributed by atoms with Crippen molar-refractivity contribution in [2.24, 2.45) is 5.92 Å². The maximum absolute atomic E-state index is 12.6. The third-order valence-corrected chi connectivity index (χ3v) is 4.47. The highest BCUT2D eigenvalue weighted by Gasteiger charge is 2.32. The van der Waals surface area contributed by atoms with E-state index in [1.165, 1.54) is 5.56 Å². The van der Waals surface area contributed by atoms with Crippen molar-refractivity contribution < 1.29 is 9.90 Å². The number of carbonyl (C=O) groups excluding carboxylic acids is 1. The van der Waals surface area contributed by atoms with E-state index in [0.29, 0.717) is 5.92 Å². The Morgan fingerprint density at radius 3 is 2.90 bits per heavy atom. The van der Waals surface area contributed by atoms with Crippen LogP contribution in [0.25, 0.3) is 0 Å². The summed E-state index contributed by atoms with van der Waals surface area (Å²) in [6.07, 6.45) is 2.48. The van der Waals surface area contributed by atoms with Crippen LogP contribution in [0.2, 0.25) is 0 Å². The van der Waals surface area contributed by atoms with Crippen molar-refractivity contribution in [3.05, 3.63) is 35.4 Å². The van der Waals surface area contributed by atoms with E-state index < -0.39 is 0 Å². The van der Waals surface area contributed by atoms with Crippen molar-refractivity contribution in [1.29, 1.82) is 0 Å². The number of hydrogen-bond donors (Lipinski definition) is 2. The van der Waals surface area contributed by atoms with Crippen LogP contribution in [-0.4, -0.2) is 42.2 Å². The lowest BCUT2D eigenvalue weighted by Crippen LogP contribution is -2.45. The van der Waals surface area contributed by atoms with Gasteiger partial charge in [-0.2, -0.15) is 0 Å². The lowest BCUT2D eigenvalue weighted by molar-refractivity contribution is -0.134. The van der Waals surface area contributed by atoms with Gasteiger partial charge in [0.1, 0.15) is 6.04 Å². The topological polar surface area (TPSA) is 52.6 Å². The molecule has 1 aromatic rings. The summed E-state index contributed by atoms with van der Waals surface area (Å²) in [6, 6.07) is 7.97. The average molecular weight is 274 g/mol. The van der Waals surface area contributed by atoms with Crippen LogP contribution in [0, 0.1) is 5.92 Å². The maximum atomic E-state index is 12.6. The third-order valence-electron chi connectivity index (χ3n) is 4.47. The Kier molecular flexibility index (Phi) is 3.76. The van der Waals surface area contributed by atoms with Gasteiger partial charge >= 0.3 is 0 Å². The molecule has 1 heterocycles. The third kappa shape index (κ3) is 2.58. The van der Waals surface area contributed by atoms with Crippen LogP contribution < -0.4 is 5.32 Å². The summed E-state index contributed by atoms with van der Waals surface area (Å²) in [6.45, 7) is 1.60.